The van der Waals surface area contributed by atoms with Crippen LogP contribution in [0, 0.1) is 0 Å². The second-order valence-electron chi connectivity index (χ2n) is 4.38. The number of nitrogens with zero attached hydrogens (tertiary/aromatic N) is 3. The van der Waals surface area contributed by atoms with Gasteiger partial charge < -0.3 is 5.32 Å². The maximum atomic E-state index is 6.12. The van der Waals surface area contributed by atoms with Crippen molar-refractivity contribution in [3.05, 3.63) is 53.3 Å². The fraction of sp³-hybridized carbons (Fsp3) is 0.133. The summed E-state index contributed by atoms with van der Waals surface area (Å²) in [7, 11) is 1.86. The van der Waals surface area contributed by atoms with Crippen molar-refractivity contribution in [2.45, 2.75) is 10.9 Å². The predicted octanol–water partition coefficient (Wildman–Crippen LogP) is 4.01. The number of halogens is 1. The molecule has 0 bridgehead atoms. The number of pyridine rings is 1. The summed E-state index contributed by atoms with van der Waals surface area (Å²) < 4.78 is 0. The smallest absolute Gasteiger partial charge is 0.190 e. The summed E-state index contributed by atoms with van der Waals surface area (Å²) in [5, 5.41) is 5.53. The molecule has 0 radical (unpaired) electrons. The van der Waals surface area contributed by atoms with Gasteiger partial charge in [-0.05, 0) is 23.8 Å². The third-order valence-corrected chi connectivity index (χ3v) is 4.27. The maximum absolute atomic E-state index is 6.12. The molecule has 0 atom stereocenters. The number of benzene rings is 1. The number of thioether (sulfide) groups is 1. The van der Waals surface area contributed by atoms with Gasteiger partial charge in [-0.1, -0.05) is 35.5 Å². The number of para-hydroxylation sites is 1. The Hall–Kier alpha value is -1.85. The molecule has 21 heavy (non-hydrogen) atoms. The van der Waals surface area contributed by atoms with Crippen LogP contribution in [0.2, 0.25) is 5.02 Å². The number of rotatable bonds is 4. The zero-order chi connectivity index (χ0) is 14.7. The second-order valence-corrected chi connectivity index (χ2v) is 5.73. The summed E-state index contributed by atoms with van der Waals surface area (Å²) >= 11 is 7.67. The number of fused-ring (bicyclic) bond motifs is 1. The van der Waals surface area contributed by atoms with Crippen molar-refractivity contribution in [3.8, 4) is 0 Å². The molecule has 6 heteroatoms. The highest BCUT2D eigenvalue weighted by atomic mass is 35.5. The van der Waals surface area contributed by atoms with Crippen molar-refractivity contribution in [1.82, 2.24) is 15.0 Å². The summed E-state index contributed by atoms with van der Waals surface area (Å²) in [5.41, 5.74) is 1.96. The lowest BCUT2D eigenvalue weighted by Gasteiger charge is -2.08. The van der Waals surface area contributed by atoms with Gasteiger partial charge in [-0.25, -0.2) is 9.97 Å². The largest absolute Gasteiger partial charge is 0.372 e. The van der Waals surface area contributed by atoms with E-state index in [1.807, 2.05) is 37.4 Å². The van der Waals surface area contributed by atoms with Crippen LogP contribution < -0.4 is 5.32 Å². The molecule has 1 aromatic carbocycles. The molecule has 0 spiro atoms. The van der Waals surface area contributed by atoms with Crippen molar-refractivity contribution >= 4 is 40.1 Å². The Morgan fingerprint density at radius 3 is 2.86 bits per heavy atom. The van der Waals surface area contributed by atoms with E-state index in [2.05, 4.69) is 20.3 Å². The first kappa shape index (κ1) is 14.1. The quantitative estimate of drug-likeness (QED) is 0.582. The van der Waals surface area contributed by atoms with Crippen LogP contribution in [0.4, 0.5) is 5.82 Å². The Balaban J connectivity index is 1.89. The van der Waals surface area contributed by atoms with Gasteiger partial charge in [-0.2, -0.15) is 0 Å². The van der Waals surface area contributed by atoms with E-state index < -0.39 is 0 Å². The Morgan fingerprint density at radius 1 is 1.19 bits per heavy atom. The summed E-state index contributed by atoms with van der Waals surface area (Å²) in [5.74, 6) is 1.55. The minimum Gasteiger partial charge on any atom is -0.372 e. The normalized spacial score (nSPS) is 10.8. The molecule has 0 fully saturated rings. The molecule has 0 saturated carbocycles. The van der Waals surface area contributed by atoms with Gasteiger partial charge in [0, 0.05) is 30.6 Å². The van der Waals surface area contributed by atoms with E-state index in [0.717, 1.165) is 27.4 Å². The predicted molar refractivity (Wildman–Crippen MR) is 87.9 cm³/mol. The van der Waals surface area contributed by atoms with E-state index in [1.54, 1.807) is 24.2 Å². The Kier molecular flexibility index (Phi) is 4.22. The third kappa shape index (κ3) is 3.09. The van der Waals surface area contributed by atoms with E-state index in [1.165, 1.54) is 0 Å². The van der Waals surface area contributed by atoms with Crippen LogP contribution in [-0.4, -0.2) is 22.0 Å². The number of nitrogens with one attached hydrogen (secondary N) is 1. The van der Waals surface area contributed by atoms with Crippen LogP contribution in [0.25, 0.3) is 10.9 Å². The highest BCUT2D eigenvalue weighted by Crippen LogP contribution is 2.27. The van der Waals surface area contributed by atoms with Crippen molar-refractivity contribution < 1.29 is 0 Å². The molecule has 0 amide bonds. The van der Waals surface area contributed by atoms with Crippen LogP contribution >= 0.6 is 23.4 Å². The minimum atomic E-state index is 0.666. The number of hydrogen-bond acceptors (Lipinski definition) is 5. The highest BCUT2D eigenvalue weighted by Gasteiger charge is 2.08. The average molecular weight is 317 g/mol. The van der Waals surface area contributed by atoms with Crippen molar-refractivity contribution in [2.24, 2.45) is 0 Å². The SMILES string of the molecule is CNc1nc(SCc2ccncc2Cl)nc2ccccc12. The number of aromatic nitrogens is 3. The van der Waals surface area contributed by atoms with E-state index >= 15 is 0 Å². The molecule has 0 aliphatic heterocycles. The Morgan fingerprint density at radius 2 is 2.05 bits per heavy atom. The Labute approximate surface area is 132 Å². The lowest BCUT2D eigenvalue weighted by molar-refractivity contribution is 1.00. The second kappa shape index (κ2) is 6.28. The van der Waals surface area contributed by atoms with Crippen molar-refractivity contribution in [1.29, 1.82) is 0 Å². The minimum absolute atomic E-state index is 0.666. The van der Waals surface area contributed by atoms with Gasteiger partial charge in [-0.3, -0.25) is 4.98 Å². The van der Waals surface area contributed by atoms with Crippen LogP contribution in [0.1, 0.15) is 5.56 Å². The molecule has 2 heterocycles. The molecule has 2 aromatic heterocycles. The molecule has 4 nitrogen and oxygen atoms in total. The van der Waals surface area contributed by atoms with Crippen LogP contribution in [0.15, 0.2) is 47.9 Å². The van der Waals surface area contributed by atoms with Gasteiger partial charge in [0.15, 0.2) is 5.16 Å². The fourth-order valence-corrected chi connectivity index (χ4v) is 3.09. The molecule has 106 valence electrons. The van der Waals surface area contributed by atoms with E-state index in [0.29, 0.717) is 10.8 Å². The van der Waals surface area contributed by atoms with E-state index in [4.69, 9.17) is 11.6 Å². The number of anilines is 1. The van der Waals surface area contributed by atoms with Gasteiger partial charge >= 0.3 is 0 Å². The lowest BCUT2D eigenvalue weighted by Crippen LogP contribution is -1.98. The maximum Gasteiger partial charge on any atom is 0.190 e. The zero-order valence-electron chi connectivity index (χ0n) is 11.4. The molecule has 0 aliphatic carbocycles. The highest BCUT2D eigenvalue weighted by molar-refractivity contribution is 7.98. The molecule has 0 aliphatic rings. The standard InChI is InChI=1S/C15H13ClN4S/c1-17-14-11-4-2-3-5-13(11)19-15(20-14)21-9-10-6-7-18-8-12(10)16/h2-8H,9H2,1H3,(H,17,19,20). The molecular formula is C15H13ClN4S. The summed E-state index contributed by atoms with van der Waals surface area (Å²) in [4.78, 5) is 13.1. The molecule has 0 unspecified atom stereocenters. The summed E-state index contributed by atoms with van der Waals surface area (Å²) in [6, 6.07) is 9.87. The van der Waals surface area contributed by atoms with Gasteiger partial charge in [0.2, 0.25) is 0 Å². The Bertz CT molecular complexity index is 778. The monoisotopic (exact) mass is 316 g/mol. The fourth-order valence-electron chi connectivity index (χ4n) is 1.97. The van der Waals surface area contributed by atoms with Crippen LogP contribution in [0.5, 0.6) is 0 Å². The molecule has 3 aromatic rings. The average Bonchev–Trinajstić information content (AvgIpc) is 2.53. The third-order valence-electron chi connectivity index (χ3n) is 3.03. The van der Waals surface area contributed by atoms with Crippen molar-refractivity contribution in [3.63, 3.8) is 0 Å². The van der Waals surface area contributed by atoms with Crippen LogP contribution in [-0.2, 0) is 5.75 Å². The number of hydrogen-bond donors (Lipinski definition) is 1. The first-order valence-corrected chi connectivity index (χ1v) is 7.80. The van der Waals surface area contributed by atoms with Gasteiger partial charge in [0.1, 0.15) is 5.82 Å². The summed E-state index contributed by atoms with van der Waals surface area (Å²) in [6.07, 6.45) is 3.39. The molecule has 1 N–H and O–H groups in total. The van der Waals surface area contributed by atoms with Gasteiger partial charge in [0.25, 0.3) is 0 Å². The lowest BCUT2D eigenvalue weighted by atomic mass is 10.2. The molecular weight excluding hydrogens is 304 g/mol. The first-order chi connectivity index (χ1) is 10.3. The van der Waals surface area contributed by atoms with Crippen LogP contribution in [0.3, 0.4) is 0 Å². The van der Waals surface area contributed by atoms with Crippen molar-refractivity contribution in [2.75, 3.05) is 12.4 Å². The van der Waals surface area contributed by atoms with E-state index in [-0.39, 0.29) is 0 Å². The topological polar surface area (TPSA) is 50.7 Å². The first-order valence-electron chi connectivity index (χ1n) is 6.43. The zero-order valence-corrected chi connectivity index (χ0v) is 12.9. The van der Waals surface area contributed by atoms with E-state index in [9.17, 15) is 0 Å². The van der Waals surface area contributed by atoms with Gasteiger partial charge in [-0.15, -0.1) is 0 Å². The molecule has 3 rings (SSSR count). The molecule has 0 saturated heterocycles. The van der Waals surface area contributed by atoms with Gasteiger partial charge in [0.05, 0.1) is 10.5 Å². The summed E-state index contributed by atoms with van der Waals surface area (Å²) in [6.45, 7) is 0.